The molecule has 2 rings (SSSR count). The second kappa shape index (κ2) is 3.95. The molecule has 0 aliphatic rings. The Balaban J connectivity index is 2.54. The minimum Gasteiger partial charge on any atom is -0.358 e. The van der Waals surface area contributed by atoms with Crippen molar-refractivity contribution in [2.24, 2.45) is 0 Å². The Labute approximate surface area is 96.6 Å². The monoisotopic (exact) mass is 271 g/mol. The lowest BCUT2D eigenvalue weighted by Crippen LogP contribution is -1.80. The van der Waals surface area contributed by atoms with E-state index in [2.05, 4.69) is 33.9 Å². The van der Waals surface area contributed by atoms with E-state index < -0.39 is 0 Å². The summed E-state index contributed by atoms with van der Waals surface area (Å²) >= 11 is 9.43. The summed E-state index contributed by atoms with van der Waals surface area (Å²) < 4.78 is 0.953. The number of nitrogens with one attached hydrogen (secondary N) is 1. The van der Waals surface area contributed by atoms with Crippen molar-refractivity contribution in [3.05, 3.63) is 33.4 Å². The molecule has 0 bridgehead atoms. The minimum absolute atomic E-state index is 0.752. The van der Waals surface area contributed by atoms with Gasteiger partial charge in [-0.2, -0.15) is 0 Å². The van der Waals surface area contributed by atoms with Gasteiger partial charge in [-0.3, -0.25) is 0 Å². The largest absolute Gasteiger partial charge is 0.358 e. The van der Waals surface area contributed by atoms with Crippen LogP contribution < -0.4 is 0 Å². The molecule has 1 heterocycles. The molecule has 1 N–H and O–H groups in total. The lowest BCUT2D eigenvalue weighted by molar-refractivity contribution is 0.896. The molecule has 0 aliphatic carbocycles. The van der Waals surface area contributed by atoms with Gasteiger partial charge in [-0.05, 0) is 40.5 Å². The Morgan fingerprint density at radius 3 is 2.86 bits per heavy atom. The number of aryl methyl sites for hydroxylation is 1. The van der Waals surface area contributed by atoms with Crippen molar-refractivity contribution in [2.75, 3.05) is 0 Å². The highest BCUT2D eigenvalue weighted by Crippen LogP contribution is 2.28. The van der Waals surface area contributed by atoms with Crippen LogP contribution in [0.3, 0.4) is 0 Å². The lowest BCUT2D eigenvalue weighted by atomic mass is 10.2. The maximum atomic E-state index is 6.01. The minimum atomic E-state index is 0.752. The summed E-state index contributed by atoms with van der Waals surface area (Å²) in [4.78, 5) is 3.36. The van der Waals surface area contributed by atoms with Gasteiger partial charge in [0.2, 0.25) is 0 Å². The van der Waals surface area contributed by atoms with Crippen LogP contribution in [0.15, 0.2) is 22.7 Å². The molecule has 0 saturated heterocycles. The van der Waals surface area contributed by atoms with Crippen LogP contribution in [-0.2, 0) is 6.42 Å². The topological polar surface area (TPSA) is 15.8 Å². The molecule has 2 aromatic rings. The average Bonchev–Trinajstić information content (AvgIpc) is 2.48. The number of aromatic amines is 1. The van der Waals surface area contributed by atoms with E-state index in [9.17, 15) is 0 Å². The number of hydrogen-bond acceptors (Lipinski definition) is 0. The van der Waals surface area contributed by atoms with Crippen molar-refractivity contribution >= 4 is 38.4 Å². The van der Waals surface area contributed by atoms with Crippen LogP contribution in [0.5, 0.6) is 0 Å². The summed E-state index contributed by atoms with van der Waals surface area (Å²) in [6.07, 6.45) is 2.24. The zero-order chi connectivity index (χ0) is 10.1. The average molecular weight is 273 g/mol. The van der Waals surface area contributed by atoms with Gasteiger partial charge < -0.3 is 4.98 Å². The van der Waals surface area contributed by atoms with Gasteiger partial charge in [0.15, 0.2) is 0 Å². The molecule has 1 aromatic heterocycles. The number of fused-ring (bicyclic) bond motifs is 1. The highest BCUT2D eigenvalue weighted by molar-refractivity contribution is 9.10. The first-order valence-corrected chi connectivity index (χ1v) is 5.84. The number of benzene rings is 1. The number of aromatic nitrogens is 1. The Morgan fingerprint density at radius 2 is 2.14 bits per heavy atom. The molecule has 74 valence electrons. The number of rotatable bonds is 2. The Bertz CT molecular complexity index is 423. The van der Waals surface area contributed by atoms with Gasteiger partial charge in [-0.15, -0.1) is 0 Å². The maximum Gasteiger partial charge on any atom is 0.0569 e. The van der Waals surface area contributed by atoms with Crippen LogP contribution in [0.25, 0.3) is 10.9 Å². The van der Waals surface area contributed by atoms with Gasteiger partial charge in [0.25, 0.3) is 0 Å². The van der Waals surface area contributed by atoms with E-state index in [4.69, 9.17) is 11.6 Å². The van der Waals surface area contributed by atoms with Crippen molar-refractivity contribution < 1.29 is 0 Å². The molecule has 0 atom stereocenters. The molecule has 1 nitrogen and oxygen atoms in total. The Kier molecular flexibility index (Phi) is 2.84. The van der Waals surface area contributed by atoms with E-state index in [0.717, 1.165) is 27.9 Å². The summed E-state index contributed by atoms with van der Waals surface area (Å²) in [5.74, 6) is 0. The normalized spacial score (nSPS) is 11.1. The first kappa shape index (κ1) is 10.1. The predicted octanol–water partition coefficient (Wildman–Crippen LogP) is 4.54. The van der Waals surface area contributed by atoms with E-state index in [1.54, 1.807) is 0 Å². The van der Waals surface area contributed by atoms with Crippen molar-refractivity contribution in [3.63, 3.8) is 0 Å². The SMILES string of the molecule is CCCc1cc2cc(Br)c(Cl)cc2[nH]1. The first-order valence-electron chi connectivity index (χ1n) is 4.67. The summed E-state index contributed by atoms with van der Waals surface area (Å²) in [6, 6.07) is 6.19. The van der Waals surface area contributed by atoms with Gasteiger partial charge in [0, 0.05) is 21.1 Å². The third-order valence-corrected chi connectivity index (χ3v) is 3.43. The zero-order valence-electron chi connectivity index (χ0n) is 7.90. The van der Waals surface area contributed by atoms with Gasteiger partial charge in [-0.1, -0.05) is 24.9 Å². The number of hydrogen-bond donors (Lipinski definition) is 1. The fraction of sp³-hybridized carbons (Fsp3) is 0.273. The molecule has 14 heavy (non-hydrogen) atoms. The molecule has 1 aromatic carbocycles. The van der Waals surface area contributed by atoms with Crippen molar-refractivity contribution in [1.29, 1.82) is 0 Å². The van der Waals surface area contributed by atoms with E-state index >= 15 is 0 Å². The molecular weight excluding hydrogens is 261 g/mol. The quantitative estimate of drug-likeness (QED) is 0.826. The highest BCUT2D eigenvalue weighted by Gasteiger charge is 2.03. The van der Waals surface area contributed by atoms with Crippen molar-refractivity contribution in [1.82, 2.24) is 4.98 Å². The van der Waals surface area contributed by atoms with Crippen LogP contribution in [0.2, 0.25) is 5.02 Å². The van der Waals surface area contributed by atoms with Gasteiger partial charge in [0.05, 0.1) is 5.02 Å². The first-order chi connectivity index (χ1) is 6.70. The third kappa shape index (κ3) is 1.82. The molecule has 0 unspecified atom stereocenters. The number of halogens is 2. The zero-order valence-corrected chi connectivity index (χ0v) is 10.2. The molecule has 3 heteroatoms. The molecule has 0 amide bonds. The summed E-state index contributed by atoms with van der Waals surface area (Å²) in [5, 5.41) is 1.96. The highest BCUT2D eigenvalue weighted by atomic mass is 79.9. The molecule has 0 fully saturated rings. The van der Waals surface area contributed by atoms with Crippen molar-refractivity contribution in [3.8, 4) is 0 Å². The lowest BCUT2D eigenvalue weighted by Gasteiger charge is -1.94. The van der Waals surface area contributed by atoms with Crippen LogP contribution in [0.4, 0.5) is 0 Å². The second-order valence-electron chi connectivity index (χ2n) is 3.40. The van der Waals surface area contributed by atoms with Crippen LogP contribution in [-0.4, -0.2) is 4.98 Å². The van der Waals surface area contributed by atoms with Crippen LogP contribution >= 0.6 is 27.5 Å². The summed E-state index contributed by atoms with van der Waals surface area (Å²) in [7, 11) is 0. The predicted molar refractivity (Wildman–Crippen MR) is 65.0 cm³/mol. The summed E-state index contributed by atoms with van der Waals surface area (Å²) in [5.41, 5.74) is 2.39. The molecule has 0 saturated carbocycles. The molecule has 0 radical (unpaired) electrons. The van der Waals surface area contributed by atoms with Gasteiger partial charge in [-0.25, -0.2) is 0 Å². The molecular formula is C11H11BrClN. The van der Waals surface area contributed by atoms with E-state index in [1.807, 2.05) is 12.1 Å². The van der Waals surface area contributed by atoms with Crippen LogP contribution in [0, 0.1) is 0 Å². The third-order valence-electron chi connectivity index (χ3n) is 2.24. The number of H-pyrrole nitrogens is 1. The summed E-state index contributed by atoms with van der Waals surface area (Å²) in [6.45, 7) is 2.18. The standard InChI is InChI=1S/C11H11BrClN/c1-2-3-8-4-7-5-9(12)10(13)6-11(7)14-8/h4-6,14H,2-3H2,1H3. The van der Waals surface area contributed by atoms with Gasteiger partial charge in [0.1, 0.15) is 0 Å². The van der Waals surface area contributed by atoms with E-state index in [0.29, 0.717) is 0 Å². The second-order valence-corrected chi connectivity index (χ2v) is 4.66. The Morgan fingerprint density at radius 1 is 1.36 bits per heavy atom. The van der Waals surface area contributed by atoms with E-state index in [-0.39, 0.29) is 0 Å². The fourth-order valence-electron chi connectivity index (χ4n) is 1.59. The van der Waals surface area contributed by atoms with E-state index in [1.165, 1.54) is 11.1 Å². The van der Waals surface area contributed by atoms with Crippen LogP contribution in [0.1, 0.15) is 19.0 Å². The maximum absolute atomic E-state index is 6.01. The van der Waals surface area contributed by atoms with Gasteiger partial charge >= 0.3 is 0 Å². The smallest absolute Gasteiger partial charge is 0.0569 e. The molecule has 0 spiro atoms. The fourth-order valence-corrected chi connectivity index (χ4v) is 2.12. The molecule has 0 aliphatic heterocycles. The van der Waals surface area contributed by atoms with Crippen molar-refractivity contribution in [2.45, 2.75) is 19.8 Å². The Hall–Kier alpha value is -0.470.